The topological polar surface area (TPSA) is 59.1 Å². The summed E-state index contributed by atoms with van der Waals surface area (Å²) in [6.07, 6.45) is 3.96. The van der Waals surface area contributed by atoms with Crippen LogP contribution < -0.4 is 4.74 Å². The first kappa shape index (κ1) is 19.5. The zero-order chi connectivity index (χ0) is 18.7. The lowest BCUT2D eigenvalue weighted by molar-refractivity contribution is 0.0190. The lowest BCUT2D eigenvalue weighted by Crippen LogP contribution is -2.49. The molecule has 146 valence electrons. The van der Waals surface area contributed by atoms with Gasteiger partial charge in [-0.15, -0.1) is 0 Å². The molecule has 2 fully saturated rings. The predicted octanol–water partition coefficient (Wildman–Crippen LogP) is 2.10. The van der Waals surface area contributed by atoms with E-state index in [1.807, 2.05) is 0 Å². The van der Waals surface area contributed by atoms with Crippen LogP contribution >= 0.6 is 0 Å². The van der Waals surface area contributed by atoms with E-state index in [2.05, 4.69) is 4.90 Å². The second-order valence-electron chi connectivity index (χ2n) is 6.90. The lowest BCUT2D eigenvalue weighted by Gasteiger charge is -2.41. The number of nitrogens with zero attached hydrogens (tertiary/aromatic N) is 2. The highest BCUT2D eigenvalue weighted by molar-refractivity contribution is 7.89. The van der Waals surface area contributed by atoms with Gasteiger partial charge in [0.15, 0.2) is 0 Å². The van der Waals surface area contributed by atoms with Gasteiger partial charge in [-0.2, -0.15) is 4.31 Å². The van der Waals surface area contributed by atoms with Gasteiger partial charge in [0, 0.05) is 39.3 Å². The third kappa shape index (κ3) is 4.03. The van der Waals surface area contributed by atoms with Crippen LogP contribution in [0.3, 0.4) is 0 Å². The molecule has 0 aliphatic carbocycles. The quantitative estimate of drug-likeness (QED) is 0.776. The summed E-state index contributed by atoms with van der Waals surface area (Å²) in [5, 5.41) is 0. The highest BCUT2D eigenvalue weighted by Crippen LogP contribution is 2.30. The molecule has 0 radical (unpaired) electrons. The smallest absolute Gasteiger partial charge is 0.246 e. The molecular weight excluding hydrogens is 359 g/mol. The summed E-state index contributed by atoms with van der Waals surface area (Å²) in [5.41, 5.74) is 0. The molecule has 0 aromatic heterocycles. The SMILES string of the molecule is COc1ccc(F)cc1S(=O)(=O)N1CCC(N2CCC(OC)CC2)CC1. The average Bonchev–Trinajstić information content (AvgIpc) is 2.68. The number of rotatable bonds is 5. The minimum atomic E-state index is -3.76. The largest absolute Gasteiger partial charge is 0.495 e. The maximum absolute atomic E-state index is 13.6. The first-order valence-electron chi connectivity index (χ1n) is 9.06. The van der Waals surface area contributed by atoms with Crippen molar-refractivity contribution in [2.45, 2.75) is 42.7 Å². The van der Waals surface area contributed by atoms with Crippen molar-refractivity contribution in [1.29, 1.82) is 0 Å². The molecule has 2 aliphatic rings. The molecule has 0 atom stereocenters. The van der Waals surface area contributed by atoms with E-state index in [9.17, 15) is 12.8 Å². The van der Waals surface area contributed by atoms with Crippen LogP contribution in [0, 0.1) is 5.82 Å². The van der Waals surface area contributed by atoms with E-state index in [0.29, 0.717) is 25.2 Å². The molecule has 1 aromatic rings. The van der Waals surface area contributed by atoms with Gasteiger partial charge in [-0.1, -0.05) is 0 Å². The Bertz CT molecular complexity index is 712. The van der Waals surface area contributed by atoms with Crippen molar-refractivity contribution in [3.8, 4) is 5.75 Å². The Morgan fingerprint density at radius 3 is 2.27 bits per heavy atom. The highest BCUT2D eigenvalue weighted by atomic mass is 32.2. The molecule has 3 rings (SSSR count). The van der Waals surface area contributed by atoms with Gasteiger partial charge in [-0.25, -0.2) is 12.8 Å². The van der Waals surface area contributed by atoms with Crippen molar-refractivity contribution >= 4 is 10.0 Å². The normalized spacial score (nSPS) is 21.8. The average molecular weight is 386 g/mol. The van der Waals surface area contributed by atoms with Crippen molar-refractivity contribution in [3.63, 3.8) is 0 Å². The summed E-state index contributed by atoms with van der Waals surface area (Å²) in [7, 11) is -0.619. The second kappa shape index (κ2) is 8.21. The number of halogens is 1. The van der Waals surface area contributed by atoms with Crippen LogP contribution in [0.4, 0.5) is 4.39 Å². The molecule has 1 aromatic carbocycles. The molecule has 0 amide bonds. The van der Waals surface area contributed by atoms with Gasteiger partial charge < -0.3 is 14.4 Å². The van der Waals surface area contributed by atoms with Crippen LogP contribution in [0.2, 0.25) is 0 Å². The molecule has 0 unspecified atom stereocenters. The zero-order valence-corrected chi connectivity index (χ0v) is 16.2. The van der Waals surface area contributed by atoms with E-state index in [1.165, 1.54) is 23.5 Å². The zero-order valence-electron chi connectivity index (χ0n) is 15.4. The fourth-order valence-corrected chi connectivity index (χ4v) is 5.55. The van der Waals surface area contributed by atoms with Crippen molar-refractivity contribution in [1.82, 2.24) is 9.21 Å². The van der Waals surface area contributed by atoms with E-state index < -0.39 is 15.8 Å². The molecule has 2 heterocycles. The van der Waals surface area contributed by atoms with Gasteiger partial charge in [0.25, 0.3) is 0 Å². The van der Waals surface area contributed by atoms with Crippen molar-refractivity contribution in [2.24, 2.45) is 0 Å². The Hall–Kier alpha value is -1.22. The van der Waals surface area contributed by atoms with E-state index in [4.69, 9.17) is 9.47 Å². The van der Waals surface area contributed by atoms with Crippen LogP contribution in [0.1, 0.15) is 25.7 Å². The Labute approximate surface area is 154 Å². The fourth-order valence-electron chi connectivity index (χ4n) is 3.92. The Balaban J connectivity index is 1.65. The van der Waals surface area contributed by atoms with Gasteiger partial charge in [-0.05, 0) is 43.9 Å². The molecule has 0 N–H and O–H groups in total. The first-order chi connectivity index (χ1) is 12.5. The summed E-state index contributed by atoms with van der Waals surface area (Å²) in [6, 6.07) is 3.99. The Morgan fingerprint density at radius 2 is 1.69 bits per heavy atom. The molecular formula is C18H27FN2O4S. The monoisotopic (exact) mass is 386 g/mol. The summed E-state index contributed by atoms with van der Waals surface area (Å²) in [4.78, 5) is 2.35. The maximum atomic E-state index is 13.6. The maximum Gasteiger partial charge on any atom is 0.246 e. The van der Waals surface area contributed by atoms with E-state index in [-0.39, 0.29) is 10.6 Å². The number of methoxy groups -OCH3 is 2. The van der Waals surface area contributed by atoms with Gasteiger partial charge in [0.1, 0.15) is 16.5 Å². The number of benzene rings is 1. The van der Waals surface area contributed by atoms with Gasteiger partial charge >= 0.3 is 0 Å². The lowest BCUT2D eigenvalue weighted by atomic mass is 10.00. The molecule has 0 bridgehead atoms. The second-order valence-corrected chi connectivity index (χ2v) is 8.81. The molecule has 6 nitrogen and oxygen atoms in total. The number of piperidine rings is 2. The molecule has 2 aliphatic heterocycles. The van der Waals surface area contributed by atoms with Crippen LogP contribution in [-0.2, 0) is 14.8 Å². The van der Waals surface area contributed by atoms with Gasteiger partial charge in [0.2, 0.25) is 10.0 Å². The van der Waals surface area contributed by atoms with E-state index in [0.717, 1.165) is 44.8 Å². The minimum absolute atomic E-state index is 0.0978. The third-order valence-corrected chi connectivity index (χ3v) is 7.41. The minimum Gasteiger partial charge on any atom is -0.495 e. The Kier molecular flexibility index (Phi) is 6.17. The van der Waals surface area contributed by atoms with Crippen molar-refractivity contribution in [3.05, 3.63) is 24.0 Å². The van der Waals surface area contributed by atoms with Crippen LogP contribution in [0.5, 0.6) is 5.75 Å². The van der Waals surface area contributed by atoms with E-state index in [1.54, 1.807) is 7.11 Å². The molecule has 26 heavy (non-hydrogen) atoms. The van der Waals surface area contributed by atoms with Crippen LogP contribution in [0.15, 0.2) is 23.1 Å². The number of likely N-dealkylation sites (tertiary alicyclic amines) is 1. The van der Waals surface area contributed by atoms with Crippen molar-refractivity contribution < 1.29 is 22.3 Å². The molecule has 8 heteroatoms. The number of sulfonamides is 1. The third-order valence-electron chi connectivity index (χ3n) is 5.49. The first-order valence-corrected chi connectivity index (χ1v) is 10.5. The van der Waals surface area contributed by atoms with Crippen LogP contribution in [-0.4, -0.2) is 70.2 Å². The summed E-state index contributed by atoms with van der Waals surface area (Å²) in [5.74, 6) is -0.407. The van der Waals surface area contributed by atoms with E-state index >= 15 is 0 Å². The van der Waals surface area contributed by atoms with Crippen LogP contribution in [0.25, 0.3) is 0 Å². The van der Waals surface area contributed by atoms with Gasteiger partial charge in [-0.3, -0.25) is 0 Å². The highest BCUT2D eigenvalue weighted by Gasteiger charge is 2.34. The standard InChI is InChI=1S/C18H27FN2O4S/c1-24-16-7-9-20(10-8-16)15-5-11-21(12-6-15)26(22,23)18-13-14(19)3-4-17(18)25-2/h3-4,13,15-16H,5-12H2,1-2H3. The molecule has 0 saturated carbocycles. The Morgan fingerprint density at radius 1 is 1.04 bits per heavy atom. The molecule has 0 spiro atoms. The predicted molar refractivity (Wildman–Crippen MR) is 96.3 cm³/mol. The summed E-state index contributed by atoms with van der Waals surface area (Å²) >= 11 is 0. The number of ether oxygens (including phenoxy) is 2. The fraction of sp³-hybridized carbons (Fsp3) is 0.667. The summed E-state index contributed by atoms with van der Waals surface area (Å²) in [6.45, 7) is 2.87. The molecule has 2 saturated heterocycles. The van der Waals surface area contributed by atoms with Crippen molar-refractivity contribution in [2.75, 3.05) is 40.4 Å². The summed E-state index contributed by atoms with van der Waals surface area (Å²) < 4.78 is 51.4. The van der Waals surface area contributed by atoms with Gasteiger partial charge in [0.05, 0.1) is 13.2 Å². The number of hydrogen-bond acceptors (Lipinski definition) is 5. The number of hydrogen-bond donors (Lipinski definition) is 0.